The minimum absolute atomic E-state index is 0.00275. The summed E-state index contributed by atoms with van der Waals surface area (Å²) in [5.41, 5.74) is 0.729. The quantitative estimate of drug-likeness (QED) is 0.905. The van der Waals surface area contributed by atoms with Gasteiger partial charge in [-0.15, -0.1) is 0 Å². The molecule has 4 nitrogen and oxygen atoms in total. The summed E-state index contributed by atoms with van der Waals surface area (Å²) in [7, 11) is 0. The molecule has 1 N–H and O–H groups in total. The number of nitrogens with one attached hydrogen (secondary N) is 1. The maximum Gasteiger partial charge on any atom is 0.252 e. The van der Waals surface area contributed by atoms with E-state index < -0.39 is 0 Å². The highest BCUT2D eigenvalue weighted by Crippen LogP contribution is 2.16. The molecule has 1 saturated heterocycles. The second-order valence-corrected chi connectivity index (χ2v) is 7.45. The molecule has 0 radical (unpaired) electrons. The van der Waals surface area contributed by atoms with E-state index in [2.05, 4.69) is 12.2 Å². The third-order valence-corrected chi connectivity index (χ3v) is 5.49. The molecule has 1 aromatic rings. The van der Waals surface area contributed by atoms with Crippen molar-refractivity contribution in [2.24, 2.45) is 0 Å². The van der Waals surface area contributed by atoms with E-state index in [0.717, 1.165) is 31.5 Å². The predicted molar refractivity (Wildman–Crippen MR) is 89.0 cm³/mol. The van der Waals surface area contributed by atoms with Crippen molar-refractivity contribution in [2.75, 3.05) is 19.3 Å². The van der Waals surface area contributed by atoms with E-state index in [4.69, 9.17) is 0 Å². The molecule has 1 atom stereocenters. The molecule has 1 unspecified atom stereocenters. The first-order valence-electron chi connectivity index (χ1n) is 7.23. The maximum atomic E-state index is 12.1. The van der Waals surface area contributed by atoms with Crippen LogP contribution in [0.1, 0.15) is 36.5 Å². The van der Waals surface area contributed by atoms with Crippen LogP contribution in [0.4, 0.5) is 0 Å². The lowest BCUT2D eigenvalue weighted by atomic mass is 10.0. The van der Waals surface area contributed by atoms with Gasteiger partial charge in [0.25, 0.3) is 5.91 Å². The zero-order chi connectivity index (χ0) is 15.2. The van der Waals surface area contributed by atoms with Crippen LogP contribution in [0.5, 0.6) is 0 Å². The molecule has 1 fully saturated rings. The van der Waals surface area contributed by atoms with E-state index in [0.29, 0.717) is 11.7 Å². The number of piperidine rings is 1. The van der Waals surface area contributed by atoms with E-state index in [9.17, 15) is 9.59 Å². The van der Waals surface area contributed by atoms with Gasteiger partial charge in [-0.05, 0) is 30.5 Å². The minimum atomic E-state index is -0.00275. The Kier molecular flexibility index (Phi) is 6.11. The Labute approximate surface area is 134 Å². The summed E-state index contributed by atoms with van der Waals surface area (Å²) in [6, 6.07) is 2.02. The van der Waals surface area contributed by atoms with Crippen LogP contribution in [0.3, 0.4) is 0 Å². The van der Waals surface area contributed by atoms with E-state index in [1.807, 2.05) is 28.0 Å². The van der Waals surface area contributed by atoms with Crippen molar-refractivity contribution in [1.29, 1.82) is 0 Å². The molecule has 1 aliphatic rings. The highest BCUT2D eigenvalue weighted by molar-refractivity contribution is 7.99. The molecule has 0 aliphatic carbocycles. The normalized spacial score (nSPS) is 17.5. The third-order valence-electron chi connectivity index (χ3n) is 3.83. The number of hydrogen-bond acceptors (Lipinski definition) is 4. The Balaban J connectivity index is 1.75. The number of amides is 2. The van der Waals surface area contributed by atoms with Crippen LogP contribution < -0.4 is 5.32 Å². The minimum Gasteiger partial charge on any atom is -0.349 e. The van der Waals surface area contributed by atoms with Gasteiger partial charge in [0, 0.05) is 41.7 Å². The second kappa shape index (κ2) is 7.84. The smallest absolute Gasteiger partial charge is 0.252 e. The monoisotopic (exact) mass is 326 g/mol. The standard InChI is InChI=1S/C15H22N2O2S2/c1-11(20-2)9-14(18)17-6-3-13(4-7-17)16-15(19)12-5-8-21-10-12/h5,8,10-11,13H,3-4,6-7,9H2,1-2H3,(H,16,19). The van der Waals surface area contributed by atoms with Gasteiger partial charge in [0.05, 0.1) is 0 Å². The van der Waals surface area contributed by atoms with Crippen LogP contribution in [0, 0.1) is 0 Å². The van der Waals surface area contributed by atoms with Gasteiger partial charge >= 0.3 is 0 Å². The SMILES string of the molecule is CSC(C)CC(=O)N1CCC(NC(=O)c2ccsc2)CC1. The molecule has 2 amide bonds. The molecule has 0 spiro atoms. The van der Waals surface area contributed by atoms with Gasteiger partial charge in [0.2, 0.25) is 5.91 Å². The van der Waals surface area contributed by atoms with Crippen molar-refractivity contribution < 1.29 is 9.59 Å². The highest BCUT2D eigenvalue weighted by atomic mass is 32.2. The van der Waals surface area contributed by atoms with Crippen LogP contribution in [0.15, 0.2) is 16.8 Å². The van der Waals surface area contributed by atoms with E-state index in [1.54, 1.807) is 11.8 Å². The second-order valence-electron chi connectivity index (χ2n) is 5.39. The molecule has 6 heteroatoms. The van der Waals surface area contributed by atoms with Gasteiger partial charge < -0.3 is 10.2 Å². The Morgan fingerprint density at radius 2 is 2.19 bits per heavy atom. The fourth-order valence-electron chi connectivity index (χ4n) is 2.39. The summed E-state index contributed by atoms with van der Waals surface area (Å²) in [6.07, 6.45) is 4.32. The topological polar surface area (TPSA) is 49.4 Å². The van der Waals surface area contributed by atoms with Crippen molar-refractivity contribution in [3.63, 3.8) is 0 Å². The molecule has 0 aromatic carbocycles. The molecule has 1 aliphatic heterocycles. The first kappa shape index (κ1) is 16.4. The molecule has 21 heavy (non-hydrogen) atoms. The molecule has 2 rings (SSSR count). The first-order chi connectivity index (χ1) is 10.1. The third kappa shape index (κ3) is 4.74. The van der Waals surface area contributed by atoms with E-state index >= 15 is 0 Å². The van der Waals surface area contributed by atoms with Crippen LogP contribution in [0.25, 0.3) is 0 Å². The number of thioether (sulfide) groups is 1. The predicted octanol–water partition coefficient (Wildman–Crippen LogP) is 2.61. The first-order valence-corrected chi connectivity index (χ1v) is 9.47. The van der Waals surface area contributed by atoms with Crippen molar-refractivity contribution in [1.82, 2.24) is 10.2 Å². The van der Waals surface area contributed by atoms with Gasteiger partial charge in [-0.3, -0.25) is 9.59 Å². The van der Waals surface area contributed by atoms with Crippen molar-refractivity contribution >= 4 is 34.9 Å². The Morgan fingerprint density at radius 3 is 2.76 bits per heavy atom. The molecule has 1 aromatic heterocycles. The average molecular weight is 326 g/mol. The lowest BCUT2D eigenvalue weighted by Gasteiger charge is -2.33. The summed E-state index contributed by atoms with van der Waals surface area (Å²) in [6.45, 7) is 3.57. The van der Waals surface area contributed by atoms with Gasteiger partial charge in [-0.2, -0.15) is 23.1 Å². The lowest BCUT2D eigenvalue weighted by molar-refractivity contribution is -0.132. The largest absolute Gasteiger partial charge is 0.349 e. The van der Waals surface area contributed by atoms with Crippen molar-refractivity contribution in [3.8, 4) is 0 Å². The summed E-state index contributed by atoms with van der Waals surface area (Å²) >= 11 is 3.25. The fraction of sp³-hybridized carbons (Fsp3) is 0.600. The number of hydrogen-bond donors (Lipinski definition) is 1. The number of thiophene rings is 1. The van der Waals surface area contributed by atoms with Crippen molar-refractivity contribution in [3.05, 3.63) is 22.4 Å². The Hall–Kier alpha value is -1.01. The summed E-state index contributed by atoms with van der Waals surface area (Å²) in [5.74, 6) is 0.233. The summed E-state index contributed by atoms with van der Waals surface area (Å²) in [5, 5.41) is 7.19. The summed E-state index contributed by atoms with van der Waals surface area (Å²) < 4.78 is 0. The maximum absolute atomic E-state index is 12.1. The molecular formula is C15H22N2O2S2. The van der Waals surface area contributed by atoms with Crippen LogP contribution in [-0.2, 0) is 4.79 Å². The van der Waals surface area contributed by atoms with Gasteiger partial charge in [-0.1, -0.05) is 6.92 Å². The Bertz CT molecular complexity index is 468. The van der Waals surface area contributed by atoms with Crippen LogP contribution in [-0.4, -0.2) is 47.4 Å². The van der Waals surface area contributed by atoms with Gasteiger partial charge in [0.1, 0.15) is 0 Å². The number of carbonyl (C=O) groups excluding carboxylic acids is 2. The van der Waals surface area contributed by atoms with Crippen molar-refractivity contribution in [2.45, 2.75) is 37.5 Å². The lowest BCUT2D eigenvalue weighted by Crippen LogP contribution is -2.46. The number of nitrogens with zero attached hydrogens (tertiary/aromatic N) is 1. The molecule has 0 saturated carbocycles. The average Bonchev–Trinajstić information content (AvgIpc) is 3.02. The number of carbonyl (C=O) groups is 2. The van der Waals surface area contributed by atoms with Gasteiger partial charge in [-0.25, -0.2) is 0 Å². The van der Waals surface area contributed by atoms with Crippen LogP contribution >= 0.6 is 23.1 Å². The molecule has 0 bridgehead atoms. The molecular weight excluding hydrogens is 304 g/mol. The Morgan fingerprint density at radius 1 is 1.48 bits per heavy atom. The fourth-order valence-corrected chi connectivity index (χ4v) is 3.34. The van der Waals surface area contributed by atoms with E-state index in [-0.39, 0.29) is 17.9 Å². The summed E-state index contributed by atoms with van der Waals surface area (Å²) in [4.78, 5) is 26.0. The van der Waals surface area contributed by atoms with Gasteiger partial charge in [0.15, 0.2) is 0 Å². The highest BCUT2D eigenvalue weighted by Gasteiger charge is 2.24. The number of rotatable bonds is 5. The van der Waals surface area contributed by atoms with Crippen LogP contribution in [0.2, 0.25) is 0 Å². The van der Waals surface area contributed by atoms with E-state index in [1.165, 1.54) is 11.3 Å². The molecule has 116 valence electrons. The number of likely N-dealkylation sites (tertiary alicyclic amines) is 1. The zero-order valence-corrected chi connectivity index (χ0v) is 14.1. The molecule has 2 heterocycles. The zero-order valence-electron chi connectivity index (χ0n) is 12.5.